The van der Waals surface area contributed by atoms with Crippen molar-refractivity contribution in [1.82, 2.24) is 5.32 Å². The minimum atomic E-state index is -0.696. The summed E-state index contributed by atoms with van der Waals surface area (Å²) in [5.41, 5.74) is -0.117. The Morgan fingerprint density at radius 3 is 2.69 bits per heavy atom. The van der Waals surface area contributed by atoms with Gasteiger partial charge in [0.25, 0.3) is 0 Å². The lowest BCUT2D eigenvalue weighted by Crippen LogP contribution is -2.43. The molecular formula is C13H17FN2. The van der Waals surface area contributed by atoms with E-state index in [9.17, 15) is 4.39 Å². The van der Waals surface area contributed by atoms with Crippen molar-refractivity contribution in [3.05, 3.63) is 35.6 Å². The summed E-state index contributed by atoms with van der Waals surface area (Å²) in [5, 5.41) is 12.3. The van der Waals surface area contributed by atoms with E-state index in [0.29, 0.717) is 12.0 Å². The van der Waals surface area contributed by atoms with Gasteiger partial charge in [-0.3, -0.25) is 5.32 Å². The van der Waals surface area contributed by atoms with Crippen molar-refractivity contribution in [2.24, 2.45) is 0 Å². The lowest BCUT2D eigenvalue weighted by atomic mass is 9.94. The van der Waals surface area contributed by atoms with E-state index in [0.717, 1.165) is 13.0 Å². The van der Waals surface area contributed by atoms with Crippen LogP contribution < -0.4 is 5.32 Å². The summed E-state index contributed by atoms with van der Waals surface area (Å²) in [7, 11) is 0. The molecule has 3 heteroatoms. The van der Waals surface area contributed by atoms with Gasteiger partial charge in [-0.1, -0.05) is 25.1 Å². The Bertz CT molecular complexity index is 384. The van der Waals surface area contributed by atoms with E-state index in [4.69, 9.17) is 5.26 Å². The Kier molecular flexibility index (Phi) is 4.45. The first-order valence-electron chi connectivity index (χ1n) is 5.51. The van der Waals surface area contributed by atoms with Crippen LogP contribution in [0.2, 0.25) is 0 Å². The van der Waals surface area contributed by atoms with Crippen LogP contribution in [0.1, 0.15) is 25.8 Å². The van der Waals surface area contributed by atoms with Crippen LogP contribution in [0.15, 0.2) is 24.3 Å². The summed E-state index contributed by atoms with van der Waals surface area (Å²) < 4.78 is 13.4. The number of benzene rings is 1. The van der Waals surface area contributed by atoms with Crippen LogP contribution in [0, 0.1) is 17.1 Å². The third-order valence-electron chi connectivity index (χ3n) is 2.51. The third kappa shape index (κ3) is 3.32. The van der Waals surface area contributed by atoms with Gasteiger partial charge in [0.05, 0.1) is 6.07 Å². The lowest BCUT2D eigenvalue weighted by Gasteiger charge is -2.23. The maximum atomic E-state index is 13.4. The van der Waals surface area contributed by atoms with Gasteiger partial charge in [-0.25, -0.2) is 4.39 Å². The molecule has 0 amide bonds. The third-order valence-corrected chi connectivity index (χ3v) is 2.51. The second kappa shape index (κ2) is 5.62. The van der Waals surface area contributed by atoms with Gasteiger partial charge in [0, 0.05) is 6.42 Å². The number of hydrogen-bond donors (Lipinski definition) is 1. The maximum absolute atomic E-state index is 13.4. The van der Waals surface area contributed by atoms with Gasteiger partial charge < -0.3 is 0 Å². The molecule has 0 saturated carbocycles. The monoisotopic (exact) mass is 220 g/mol. The van der Waals surface area contributed by atoms with Gasteiger partial charge in [-0.15, -0.1) is 0 Å². The Morgan fingerprint density at radius 2 is 2.12 bits per heavy atom. The van der Waals surface area contributed by atoms with Crippen LogP contribution in [0.3, 0.4) is 0 Å². The van der Waals surface area contributed by atoms with Crippen LogP contribution in [-0.2, 0) is 6.42 Å². The van der Waals surface area contributed by atoms with Gasteiger partial charge in [0.2, 0.25) is 0 Å². The molecule has 1 N–H and O–H groups in total. The fraction of sp³-hybridized carbons (Fsp3) is 0.462. The van der Waals surface area contributed by atoms with E-state index in [1.54, 1.807) is 25.1 Å². The molecule has 0 fully saturated rings. The highest BCUT2D eigenvalue weighted by atomic mass is 19.1. The minimum absolute atomic E-state index is 0.248. The molecule has 0 spiro atoms. The Morgan fingerprint density at radius 1 is 1.44 bits per heavy atom. The standard InChI is InChI=1S/C13H17FN2/c1-3-8-16-13(2,10-15)9-11-6-4-5-7-12(11)14/h4-7,16H,3,8-9H2,1-2H3. The highest BCUT2D eigenvalue weighted by Crippen LogP contribution is 2.15. The van der Waals surface area contributed by atoms with Crippen LogP contribution in [0.4, 0.5) is 4.39 Å². The number of nitrogens with one attached hydrogen (secondary N) is 1. The highest BCUT2D eigenvalue weighted by molar-refractivity contribution is 5.23. The molecule has 1 unspecified atom stereocenters. The molecule has 1 atom stereocenters. The fourth-order valence-electron chi connectivity index (χ4n) is 1.57. The first-order valence-corrected chi connectivity index (χ1v) is 5.51. The quantitative estimate of drug-likeness (QED) is 0.828. The molecule has 0 heterocycles. The van der Waals surface area contributed by atoms with Gasteiger partial charge in [-0.2, -0.15) is 5.26 Å². The van der Waals surface area contributed by atoms with E-state index in [1.807, 2.05) is 6.92 Å². The average molecular weight is 220 g/mol. The van der Waals surface area contributed by atoms with E-state index in [2.05, 4.69) is 11.4 Å². The van der Waals surface area contributed by atoms with E-state index >= 15 is 0 Å². The van der Waals surface area contributed by atoms with Crippen LogP contribution >= 0.6 is 0 Å². The second-order valence-corrected chi connectivity index (χ2v) is 4.14. The molecule has 0 aliphatic heterocycles. The smallest absolute Gasteiger partial charge is 0.126 e. The summed E-state index contributed by atoms with van der Waals surface area (Å²) >= 11 is 0. The highest BCUT2D eigenvalue weighted by Gasteiger charge is 2.24. The van der Waals surface area contributed by atoms with Crippen molar-refractivity contribution >= 4 is 0 Å². The number of nitriles is 1. The first kappa shape index (κ1) is 12.7. The molecule has 0 aliphatic rings. The van der Waals surface area contributed by atoms with Crippen molar-refractivity contribution in [3.63, 3.8) is 0 Å². The molecular weight excluding hydrogens is 203 g/mol. The minimum Gasteiger partial charge on any atom is -0.299 e. The van der Waals surface area contributed by atoms with Gasteiger partial charge in [-0.05, 0) is 31.5 Å². The molecule has 1 aromatic carbocycles. The van der Waals surface area contributed by atoms with Crippen molar-refractivity contribution in [3.8, 4) is 6.07 Å². The van der Waals surface area contributed by atoms with E-state index < -0.39 is 5.54 Å². The van der Waals surface area contributed by atoms with Crippen molar-refractivity contribution in [2.45, 2.75) is 32.2 Å². The van der Waals surface area contributed by atoms with E-state index in [-0.39, 0.29) is 5.82 Å². The summed E-state index contributed by atoms with van der Waals surface area (Å²) in [5.74, 6) is -0.248. The van der Waals surface area contributed by atoms with Crippen LogP contribution in [0.5, 0.6) is 0 Å². The molecule has 0 saturated heterocycles. The summed E-state index contributed by atoms with van der Waals surface area (Å²) in [6.45, 7) is 4.60. The molecule has 86 valence electrons. The maximum Gasteiger partial charge on any atom is 0.126 e. The predicted octanol–water partition coefficient (Wildman–Crippen LogP) is 2.65. The average Bonchev–Trinajstić information content (AvgIpc) is 2.30. The predicted molar refractivity (Wildman–Crippen MR) is 62.4 cm³/mol. The van der Waals surface area contributed by atoms with Crippen LogP contribution in [0.25, 0.3) is 0 Å². The van der Waals surface area contributed by atoms with Crippen LogP contribution in [-0.4, -0.2) is 12.1 Å². The van der Waals surface area contributed by atoms with Gasteiger partial charge in [0.1, 0.15) is 11.4 Å². The van der Waals surface area contributed by atoms with Gasteiger partial charge in [0.15, 0.2) is 0 Å². The molecule has 0 radical (unpaired) electrons. The van der Waals surface area contributed by atoms with E-state index in [1.165, 1.54) is 6.07 Å². The topological polar surface area (TPSA) is 35.8 Å². The zero-order valence-electron chi connectivity index (χ0n) is 9.76. The lowest BCUT2D eigenvalue weighted by molar-refractivity contribution is 0.436. The van der Waals surface area contributed by atoms with Gasteiger partial charge >= 0.3 is 0 Å². The Balaban J connectivity index is 2.78. The molecule has 0 aliphatic carbocycles. The zero-order valence-corrected chi connectivity index (χ0v) is 9.76. The largest absolute Gasteiger partial charge is 0.299 e. The molecule has 1 aromatic rings. The molecule has 2 nitrogen and oxygen atoms in total. The second-order valence-electron chi connectivity index (χ2n) is 4.14. The molecule has 16 heavy (non-hydrogen) atoms. The number of nitrogens with zero attached hydrogens (tertiary/aromatic N) is 1. The SMILES string of the molecule is CCCNC(C)(C#N)Cc1ccccc1F. The molecule has 0 bridgehead atoms. The Hall–Kier alpha value is -1.40. The summed E-state index contributed by atoms with van der Waals surface area (Å²) in [4.78, 5) is 0. The fourth-order valence-corrected chi connectivity index (χ4v) is 1.57. The zero-order chi connectivity index (χ0) is 12.0. The molecule has 0 aromatic heterocycles. The summed E-state index contributed by atoms with van der Waals surface area (Å²) in [6, 6.07) is 8.80. The molecule has 1 rings (SSSR count). The Labute approximate surface area is 96.1 Å². The van der Waals surface area contributed by atoms with Crippen molar-refractivity contribution in [1.29, 1.82) is 5.26 Å². The number of rotatable bonds is 5. The number of halogens is 1. The normalized spacial score (nSPS) is 14.1. The number of hydrogen-bond acceptors (Lipinski definition) is 2. The summed E-state index contributed by atoms with van der Waals surface area (Å²) in [6.07, 6.45) is 1.34. The first-order chi connectivity index (χ1) is 7.61. The van der Waals surface area contributed by atoms with Crippen molar-refractivity contribution < 1.29 is 4.39 Å². The van der Waals surface area contributed by atoms with Crippen molar-refractivity contribution in [2.75, 3.05) is 6.54 Å².